The normalized spacial score (nSPS) is 11.3. The van der Waals surface area contributed by atoms with Gasteiger partial charge in [0.2, 0.25) is 5.16 Å². The van der Waals surface area contributed by atoms with Crippen molar-refractivity contribution in [1.82, 2.24) is 14.9 Å². The Balaban J connectivity index is 3.09. The van der Waals surface area contributed by atoms with Gasteiger partial charge in [-0.3, -0.25) is 4.79 Å². The van der Waals surface area contributed by atoms with Crippen molar-refractivity contribution in [2.45, 2.75) is 31.3 Å². The van der Waals surface area contributed by atoms with Gasteiger partial charge in [0.25, 0.3) is 5.56 Å². The zero-order valence-electron chi connectivity index (χ0n) is 11.3. The van der Waals surface area contributed by atoms with Gasteiger partial charge in [0, 0.05) is 12.0 Å². The molecule has 0 fully saturated rings. The van der Waals surface area contributed by atoms with Gasteiger partial charge in [0.15, 0.2) is 0 Å². The van der Waals surface area contributed by atoms with Crippen LogP contribution in [0.3, 0.4) is 0 Å². The number of hydrogen-bond donors (Lipinski definition) is 1. The minimum absolute atomic E-state index is 0.286. The third-order valence-corrected chi connectivity index (χ3v) is 3.30. The third-order valence-electron chi connectivity index (χ3n) is 2.46. The molecule has 1 aromatic rings. The van der Waals surface area contributed by atoms with Gasteiger partial charge in [-0.1, -0.05) is 31.5 Å². The number of rotatable bonds is 6. The number of nitrogens with two attached hydrogens (primary N) is 1. The van der Waals surface area contributed by atoms with Gasteiger partial charge >= 0.3 is 0 Å². The average molecular weight is 282 g/mol. The Labute approximate surface area is 116 Å². The van der Waals surface area contributed by atoms with E-state index in [1.807, 2.05) is 20.8 Å². The summed E-state index contributed by atoms with van der Waals surface area (Å²) in [7, 11) is 0. The average Bonchev–Trinajstić information content (AvgIpc) is 2.38. The fourth-order valence-electron chi connectivity index (χ4n) is 1.44. The van der Waals surface area contributed by atoms with E-state index in [1.165, 1.54) is 11.8 Å². The van der Waals surface area contributed by atoms with Gasteiger partial charge in [-0.05, 0) is 6.92 Å². The Morgan fingerprint density at radius 1 is 1.53 bits per heavy atom. The largest absolute Gasteiger partial charge is 0.381 e. The van der Waals surface area contributed by atoms with Crippen molar-refractivity contribution in [2.24, 2.45) is 0 Å². The van der Waals surface area contributed by atoms with Crippen LogP contribution in [0.1, 0.15) is 26.5 Å². The highest BCUT2D eigenvalue weighted by atomic mass is 32.2. The van der Waals surface area contributed by atoms with Crippen molar-refractivity contribution in [3.63, 3.8) is 0 Å². The molecular weight excluding hydrogens is 264 g/mol. The molecule has 0 saturated heterocycles. The van der Waals surface area contributed by atoms with Gasteiger partial charge in [0.1, 0.15) is 5.69 Å². The fraction of sp³-hybridized carbons (Fsp3) is 0.583. The molecule has 19 heavy (non-hydrogen) atoms. The molecule has 1 aromatic heterocycles. The van der Waals surface area contributed by atoms with E-state index >= 15 is 0 Å². The maximum atomic E-state index is 12.2. The molecule has 2 N–H and O–H groups in total. The van der Waals surface area contributed by atoms with E-state index in [2.05, 4.69) is 16.1 Å². The van der Waals surface area contributed by atoms with Crippen LogP contribution in [0.2, 0.25) is 0 Å². The molecule has 0 aliphatic carbocycles. The molecule has 7 heteroatoms. The Morgan fingerprint density at radius 3 is 2.79 bits per heavy atom. The number of thioether (sulfide) groups is 1. The number of nitrogen functional groups attached to an aromatic ring is 1. The highest BCUT2D eigenvalue weighted by Crippen LogP contribution is 2.19. The number of ether oxygens (including phenoxy) is 1. The molecule has 0 bridgehead atoms. The van der Waals surface area contributed by atoms with Crippen molar-refractivity contribution in [1.29, 1.82) is 0 Å². The van der Waals surface area contributed by atoms with Crippen LogP contribution in [0.25, 0.3) is 0 Å². The van der Waals surface area contributed by atoms with Crippen LogP contribution in [-0.2, 0) is 10.2 Å². The first-order valence-corrected chi connectivity index (χ1v) is 6.82. The summed E-state index contributed by atoms with van der Waals surface area (Å²) in [5, 5.41) is 8.24. The zero-order chi connectivity index (χ0) is 14.5. The number of aromatic nitrogens is 3. The Bertz CT molecular complexity index is 534. The molecule has 0 atom stereocenters. The van der Waals surface area contributed by atoms with E-state index in [0.717, 1.165) is 4.68 Å². The smallest absolute Gasteiger partial charge is 0.295 e. The molecule has 6 nitrogen and oxygen atoms in total. The number of hydrogen-bond acceptors (Lipinski definition) is 6. The van der Waals surface area contributed by atoms with Crippen LogP contribution in [0, 0.1) is 12.3 Å². The predicted octanol–water partition coefficient (Wildman–Crippen LogP) is 0.391. The molecule has 0 spiro atoms. The molecule has 1 heterocycles. The van der Waals surface area contributed by atoms with E-state index in [0.29, 0.717) is 24.1 Å². The lowest BCUT2D eigenvalue weighted by Gasteiger charge is -2.22. The lowest BCUT2D eigenvalue weighted by molar-refractivity contribution is 0.102. The lowest BCUT2D eigenvalue weighted by Crippen LogP contribution is -2.40. The molecule has 0 unspecified atom stereocenters. The van der Waals surface area contributed by atoms with Gasteiger partial charge in [-0.25, -0.2) is 0 Å². The third kappa shape index (κ3) is 3.72. The van der Waals surface area contributed by atoms with Crippen molar-refractivity contribution in [3.8, 4) is 12.3 Å². The number of terminal acetylenes is 1. The molecule has 0 aromatic carbocycles. The van der Waals surface area contributed by atoms with Crippen LogP contribution in [-0.4, -0.2) is 33.8 Å². The standard InChI is InChI=1S/C12H18N4O2S/c1-5-7-19-11-15-14-9(10(17)16(11)13)12(3,4)8-18-6-2/h1H,6-8,13H2,2-4H3. The Morgan fingerprint density at radius 2 is 2.21 bits per heavy atom. The maximum Gasteiger partial charge on any atom is 0.295 e. The van der Waals surface area contributed by atoms with Crippen molar-refractivity contribution < 1.29 is 4.74 Å². The second kappa shape index (κ2) is 6.59. The molecular formula is C12H18N4O2S. The van der Waals surface area contributed by atoms with E-state index < -0.39 is 5.41 Å². The minimum Gasteiger partial charge on any atom is -0.381 e. The first-order valence-electron chi connectivity index (χ1n) is 5.83. The lowest BCUT2D eigenvalue weighted by atomic mass is 9.91. The Hall–Kier alpha value is -1.52. The SMILES string of the molecule is C#CCSc1nnc(C(C)(C)COCC)c(=O)n1N. The van der Waals surface area contributed by atoms with Gasteiger partial charge in [-0.2, -0.15) is 4.68 Å². The van der Waals surface area contributed by atoms with E-state index in [4.69, 9.17) is 17.0 Å². The quantitative estimate of drug-likeness (QED) is 0.462. The predicted molar refractivity (Wildman–Crippen MR) is 75.5 cm³/mol. The summed E-state index contributed by atoms with van der Waals surface area (Å²) in [6.45, 7) is 6.57. The maximum absolute atomic E-state index is 12.2. The topological polar surface area (TPSA) is 83.0 Å². The molecule has 0 amide bonds. The summed E-state index contributed by atoms with van der Waals surface area (Å²) in [6.07, 6.45) is 5.15. The van der Waals surface area contributed by atoms with E-state index in [1.54, 1.807) is 0 Å². The van der Waals surface area contributed by atoms with Crippen molar-refractivity contribution >= 4 is 11.8 Å². The van der Waals surface area contributed by atoms with Crippen molar-refractivity contribution in [2.75, 3.05) is 24.8 Å². The molecule has 0 aliphatic heterocycles. The van der Waals surface area contributed by atoms with Crippen molar-refractivity contribution in [3.05, 3.63) is 16.0 Å². The van der Waals surface area contributed by atoms with E-state index in [-0.39, 0.29) is 11.3 Å². The van der Waals surface area contributed by atoms with Gasteiger partial charge < -0.3 is 10.6 Å². The highest BCUT2D eigenvalue weighted by Gasteiger charge is 2.28. The van der Waals surface area contributed by atoms with Crippen LogP contribution < -0.4 is 11.4 Å². The second-order valence-corrected chi connectivity index (χ2v) is 5.46. The second-order valence-electron chi connectivity index (χ2n) is 4.52. The minimum atomic E-state index is -0.545. The van der Waals surface area contributed by atoms with Crippen LogP contribution in [0.4, 0.5) is 0 Å². The summed E-state index contributed by atoms with van der Waals surface area (Å²) >= 11 is 1.20. The molecule has 0 saturated carbocycles. The molecule has 0 aliphatic rings. The van der Waals surface area contributed by atoms with Crippen LogP contribution in [0.5, 0.6) is 0 Å². The fourth-order valence-corrected chi connectivity index (χ4v) is 1.97. The van der Waals surface area contributed by atoms with Crippen LogP contribution >= 0.6 is 11.8 Å². The van der Waals surface area contributed by atoms with E-state index in [9.17, 15) is 4.79 Å². The monoisotopic (exact) mass is 282 g/mol. The zero-order valence-corrected chi connectivity index (χ0v) is 12.2. The van der Waals surface area contributed by atoms with Gasteiger partial charge in [-0.15, -0.1) is 16.6 Å². The summed E-state index contributed by atoms with van der Waals surface area (Å²) < 4.78 is 6.34. The molecule has 1 rings (SSSR count). The first kappa shape index (κ1) is 15.5. The molecule has 104 valence electrons. The summed E-state index contributed by atoms with van der Waals surface area (Å²) in [5.74, 6) is 8.54. The first-order chi connectivity index (χ1) is 8.94. The summed E-state index contributed by atoms with van der Waals surface area (Å²) in [5.41, 5.74) is -0.635. The molecule has 0 radical (unpaired) electrons. The van der Waals surface area contributed by atoms with Gasteiger partial charge in [0.05, 0.1) is 12.4 Å². The highest BCUT2D eigenvalue weighted by molar-refractivity contribution is 7.99. The Kier molecular flexibility index (Phi) is 5.39. The summed E-state index contributed by atoms with van der Waals surface area (Å²) in [4.78, 5) is 12.2. The summed E-state index contributed by atoms with van der Waals surface area (Å²) in [6, 6.07) is 0. The van der Waals surface area contributed by atoms with Crippen LogP contribution in [0.15, 0.2) is 9.95 Å². The number of nitrogens with zero attached hydrogens (tertiary/aromatic N) is 3.